The summed E-state index contributed by atoms with van der Waals surface area (Å²) in [5.41, 5.74) is 0. The Kier molecular flexibility index (Phi) is 33.7. The molecule has 7 unspecified atom stereocenters. The van der Waals surface area contributed by atoms with Crippen molar-refractivity contribution >= 4 is 8.16 Å². The largest absolute Gasteiger partial charge is 1.00 e. The molecule has 396 valence electrons. The summed E-state index contributed by atoms with van der Waals surface area (Å²) < 4.78 is 124. The maximum absolute atomic E-state index is 9.84. The summed E-state index contributed by atoms with van der Waals surface area (Å²) in [7, 11) is -6.87. The molecular weight excluding hydrogens is 1050 g/mol. The molecule has 0 amide bonds. The van der Waals surface area contributed by atoms with E-state index in [-0.39, 0.29) is 50.3 Å². The van der Waals surface area contributed by atoms with Gasteiger partial charge < -0.3 is 71.0 Å². The first-order valence-electron chi connectivity index (χ1n) is 22.9. The van der Waals surface area contributed by atoms with Crippen LogP contribution in [0, 0.1) is 7.14 Å². The molecule has 22 heteroatoms. The van der Waals surface area contributed by atoms with Gasteiger partial charge in [0.1, 0.15) is 48.8 Å². The molecule has 2 aromatic carbocycles. The van der Waals surface area contributed by atoms with Crippen LogP contribution in [0.4, 0.5) is 21.0 Å². The standard InChI is InChI=1S/C12H10I.C12H20O6.C7H14O2.C6H12O2.C5H10O2.C4H8O2.F5P.FH/c1-3-7-11(8-4-1)13-12-9-5-2-6-10-12;1(13-3-10-5-16-10)9(15-7-12-8-18-12)2-14-4-11-6-17-11;1-2-3-4-8-5-7-6-9-7;1-5(2)7-3-6-4-8-6;1-2-6-3-5-4-7-5;1-5-2-4-3-6-4;1-6(2,3,4)5;/h1-10H;9-12H,1-8H2;7H,2-6H2,1H3;5-6H,3-4H2,1-2H3;5H,2-4H2,1H3;4H,2-3H2,1H3;;1H/q+1;;;;;;;/p-1. The van der Waals surface area contributed by atoms with Crippen LogP contribution in [0.3, 0.4) is 0 Å². The van der Waals surface area contributed by atoms with Crippen molar-refractivity contribution in [1.82, 2.24) is 0 Å². The van der Waals surface area contributed by atoms with Gasteiger partial charge in [0.05, 0.1) is 112 Å². The number of epoxide rings is 7. The molecule has 0 spiro atoms. The minimum Gasteiger partial charge on any atom is -1.00 e. The van der Waals surface area contributed by atoms with E-state index in [1.807, 2.05) is 20.8 Å². The summed E-state index contributed by atoms with van der Waals surface area (Å²) in [4.78, 5) is 0. The Morgan fingerprint density at radius 2 is 0.868 bits per heavy atom. The molecular formula is C46H74F6IO14P. The van der Waals surface area contributed by atoms with Gasteiger partial charge in [0.2, 0.25) is 0 Å². The third kappa shape index (κ3) is 47.0. The molecule has 68 heavy (non-hydrogen) atoms. The average Bonchev–Trinajstić information content (AvgIpc) is 4.09. The molecule has 7 heterocycles. The van der Waals surface area contributed by atoms with E-state index in [0.717, 1.165) is 85.9 Å². The van der Waals surface area contributed by atoms with Crippen molar-refractivity contribution < 1.29 is 113 Å². The van der Waals surface area contributed by atoms with Crippen molar-refractivity contribution in [2.45, 2.75) is 95.5 Å². The molecule has 0 N–H and O–H groups in total. The zero-order valence-electron chi connectivity index (χ0n) is 39.9. The second kappa shape index (κ2) is 36.5. The third-order valence-electron chi connectivity index (χ3n) is 8.66. The minimum absolute atomic E-state index is 0. The van der Waals surface area contributed by atoms with E-state index in [4.69, 9.17) is 66.3 Å². The van der Waals surface area contributed by atoms with Gasteiger partial charge in [0.25, 0.3) is 0 Å². The molecule has 7 fully saturated rings. The molecule has 7 aliphatic rings. The molecule has 2 aromatic rings. The van der Waals surface area contributed by atoms with Gasteiger partial charge in [0.15, 0.2) is 7.14 Å². The van der Waals surface area contributed by atoms with Crippen LogP contribution in [0.25, 0.3) is 0 Å². The molecule has 0 aliphatic carbocycles. The van der Waals surface area contributed by atoms with Gasteiger partial charge >= 0.3 is 50.3 Å². The van der Waals surface area contributed by atoms with Crippen molar-refractivity contribution in [1.29, 1.82) is 0 Å². The zero-order valence-corrected chi connectivity index (χ0v) is 43.0. The number of benzene rings is 2. The Morgan fingerprint density at radius 3 is 1.19 bits per heavy atom. The van der Waals surface area contributed by atoms with E-state index < -0.39 is 8.16 Å². The summed E-state index contributed by atoms with van der Waals surface area (Å²) >= 11 is 0.0287. The van der Waals surface area contributed by atoms with E-state index in [0.29, 0.717) is 63.6 Å². The first-order chi connectivity index (χ1) is 32.2. The third-order valence-corrected chi connectivity index (χ3v) is 11.3. The first-order valence-corrected chi connectivity index (χ1v) is 26.7. The number of ether oxygens (including phenoxy) is 14. The van der Waals surface area contributed by atoms with Crippen LogP contribution >= 0.6 is 8.16 Å². The van der Waals surface area contributed by atoms with Crippen LogP contribution in [-0.2, 0) is 66.3 Å². The van der Waals surface area contributed by atoms with Crippen molar-refractivity contribution in [3.05, 3.63) is 67.8 Å². The molecule has 0 aromatic heterocycles. The zero-order chi connectivity index (χ0) is 48.6. The SMILES string of the molecule is C(OCC1CO1)C(COCC1CO1)OCC1CO1.CC(C)OCC1CO1.CCCCOCC1CO1.CCOCC1CO1.COCC1CO1.FP(F)(F)(F)F.[F-].c1ccc([I+]c2ccccc2)cc1. The molecule has 7 atom stereocenters. The molecule has 0 bridgehead atoms. The van der Waals surface area contributed by atoms with Gasteiger partial charge in [-0.05, 0) is 51.5 Å². The number of unbranched alkanes of at least 4 members (excludes halogenated alkanes) is 1. The van der Waals surface area contributed by atoms with Crippen LogP contribution in [0.1, 0.15) is 40.5 Å². The maximum atomic E-state index is 9.84. The summed E-state index contributed by atoms with van der Waals surface area (Å²) in [6.45, 7) is 22.1. The predicted octanol–water partition coefficient (Wildman–Crippen LogP) is 1.85. The van der Waals surface area contributed by atoms with E-state index in [1.165, 1.54) is 20.0 Å². The molecule has 0 saturated carbocycles. The monoisotopic (exact) mass is 1120 g/mol. The molecule has 0 radical (unpaired) electrons. The normalized spacial score (nSPS) is 24.6. The first kappa shape index (κ1) is 62.7. The van der Waals surface area contributed by atoms with Crippen molar-refractivity contribution in [2.75, 3.05) is 126 Å². The number of hydrogen-bond donors (Lipinski definition) is 0. The van der Waals surface area contributed by atoms with E-state index in [2.05, 4.69) is 67.6 Å². The van der Waals surface area contributed by atoms with Crippen LogP contribution in [-0.4, -0.2) is 181 Å². The average molecular weight is 1120 g/mol. The Hall–Kier alpha value is -1.38. The Balaban J connectivity index is 0.000000283. The fourth-order valence-corrected chi connectivity index (χ4v) is 6.75. The van der Waals surface area contributed by atoms with Gasteiger partial charge in [-0.25, -0.2) is 0 Å². The summed E-state index contributed by atoms with van der Waals surface area (Å²) in [6.07, 6.45) is 5.25. The molecule has 7 aliphatic heterocycles. The minimum atomic E-state index is -8.55. The van der Waals surface area contributed by atoms with Crippen LogP contribution < -0.4 is 25.9 Å². The van der Waals surface area contributed by atoms with Crippen molar-refractivity contribution in [3.8, 4) is 0 Å². The van der Waals surface area contributed by atoms with Gasteiger partial charge in [-0.15, -0.1) is 0 Å². The van der Waals surface area contributed by atoms with Crippen LogP contribution in [0.5, 0.6) is 0 Å². The number of halogens is 7. The Labute approximate surface area is 409 Å². The molecule has 7 saturated heterocycles. The van der Waals surface area contributed by atoms with Gasteiger partial charge in [0, 0.05) is 20.3 Å². The van der Waals surface area contributed by atoms with Gasteiger partial charge in [-0.2, -0.15) is 0 Å². The topological polar surface area (TPSA) is 152 Å². The van der Waals surface area contributed by atoms with Crippen LogP contribution in [0.2, 0.25) is 0 Å². The van der Waals surface area contributed by atoms with Crippen molar-refractivity contribution in [2.24, 2.45) is 0 Å². The predicted molar refractivity (Wildman–Crippen MR) is 237 cm³/mol. The van der Waals surface area contributed by atoms with Crippen molar-refractivity contribution in [3.63, 3.8) is 0 Å². The van der Waals surface area contributed by atoms with Gasteiger partial charge in [-0.1, -0.05) is 49.7 Å². The summed E-state index contributed by atoms with van der Waals surface area (Å²) in [6, 6.07) is 21.4. The fraction of sp³-hybridized carbons (Fsp3) is 0.739. The second-order valence-electron chi connectivity index (χ2n) is 16.0. The second-order valence-corrected chi connectivity index (χ2v) is 20.3. The van der Waals surface area contributed by atoms with E-state index in [9.17, 15) is 21.0 Å². The van der Waals surface area contributed by atoms with Crippen LogP contribution in [0.15, 0.2) is 60.7 Å². The quantitative estimate of drug-likeness (QED) is 0.0443. The van der Waals surface area contributed by atoms with Gasteiger partial charge in [-0.3, -0.25) is 0 Å². The van der Waals surface area contributed by atoms with E-state index >= 15 is 0 Å². The summed E-state index contributed by atoms with van der Waals surface area (Å²) in [5.74, 6) is 0. The smallest absolute Gasteiger partial charge is 0.357 e. The molecule has 14 nitrogen and oxygen atoms in total. The molecule has 9 rings (SSSR count). The maximum Gasteiger partial charge on any atom is 0.357 e. The number of methoxy groups -OCH3 is 1. The Morgan fingerprint density at radius 1 is 0.529 bits per heavy atom. The summed E-state index contributed by atoms with van der Waals surface area (Å²) in [5, 5.41) is 0. The number of rotatable bonds is 26. The Bertz CT molecular complexity index is 1400. The number of hydrogen-bond acceptors (Lipinski definition) is 14. The van der Waals surface area contributed by atoms with E-state index in [1.54, 1.807) is 7.11 Å². The fourth-order valence-electron chi connectivity index (χ4n) is 4.48.